The van der Waals surface area contributed by atoms with Crippen LogP contribution in [0.3, 0.4) is 0 Å². The molecular weight excluding hydrogens is 216 g/mol. The van der Waals surface area contributed by atoms with E-state index in [0.29, 0.717) is 0 Å². The number of nitrogens with zero attached hydrogens (tertiary/aromatic N) is 1. The monoisotopic (exact) mass is 223 g/mol. The van der Waals surface area contributed by atoms with Gasteiger partial charge >= 0.3 is 5.97 Å². The van der Waals surface area contributed by atoms with Gasteiger partial charge in [0.2, 0.25) is 0 Å². The summed E-state index contributed by atoms with van der Waals surface area (Å²) in [5.74, 6) is -4.86. The van der Waals surface area contributed by atoms with E-state index in [0.717, 1.165) is 0 Å². The van der Waals surface area contributed by atoms with E-state index >= 15 is 0 Å². The van der Waals surface area contributed by atoms with Crippen molar-refractivity contribution in [2.75, 3.05) is 0 Å². The second kappa shape index (κ2) is 3.01. The molecule has 0 heterocycles. The van der Waals surface area contributed by atoms with E-state index in [4.69, 9.17) is 10.4 Å². The molecule has 0 amide bonds. The standard InChI is InChI=1S/C11H7F2NO2/c12-11(13)6-10(11,9(15)16)8-4-2-1-3-7(8)5-14/h1-4H,6H2,(H,15,16). The van der Waals surface area contributed by atoms with Gasteiger partial charge in [0.05, 0.1) is 11.6 Å². The first-order valence-electron chi connectivity index (χ1n) is 4.56. The minimum Gasteiger partial charge on any atom is -0.480 e. The maximum atomic E-state index is 13.2. The molecule has 0 bridgehead atoms. The molecule has 1 aliphatic carbocycles. The first kappa shape index (κ1) is 10.6. The van der Waals surface area contributed by atoms with Crippen molar-refractivity contribution >= 4 is 5.97 Å². The third-order valence-corrected chi connectivity index (χ3v) is 2.86. The molecule has 1 N–H and O–H groups in total. The van der Waals surface area contributed by atoms with Crippen LogP contribution in [0, 0.1) is 11.3 Å². The number of nitriles is 1. The number of alkyl halides is 2. The van der Waals surface area contributed by atoms with Gasteiger partial charge in [0, 0.05) is 6.42 Å². The highest BCUT2D eigenvalue weighted by molar-refractivity contribution is 5.88. The Kier molecular flexibility index (Phi) is 1.99. The fraction of sp³-hybridized carbons (Fsp3) is 0.273. The molecule has 1 aromatic carbocycles. The normalized spacial score (nSPS) is 25.8. The zero-order valence-electron chi connectivity index (χ0n) is 8.08. The zero-order chi connectivity index (χ0) is 12.0. The lowest BCUT2D eigenvalue weighted by Crippen LogP contribution is -2.28. The van der Waals surface area contributed by atoms with E-state index in [1.165, 1.54) is 24.3 Å². The van der Waals surface area contributed by atoms with Gasteiger partial charge in [0.1, 0.15) is 0 Å². The average Bonchev–Trinajstić information content (AvgIpc) is 2.83. The Bertz CT molecular complexity index is 507. The van der Waals surface area contributed by atoms with Crippen LogP contribution in [0.25, 0.3) is 0 Å². The Morgan fingerprint density at radius 3 is 2.44 bits per heavy atom. The molecule has 1 unspecified atom stereocenters. The smallest absolute Gasteiger partial charge is 0.320 e. The number of carbonyl (C=O) groups is 1. The molecular formula is C11H7F2NO2. The second-order valence-corrected chi connectivity index (χ2v) is 3.75. The van der Waals surface area contributed by atoms with Gasteiger partial charge in [-0.2, -0.15) is 5.26 Å². The van der Waals surface area contributed by atoms with E-state index < -0.39 is 23.7 Å². The summed E-state index contributed by atoms with van der Waals surface area (Å²) in [6.45, 7) is 0. The maximum absolute atomic E-state index is 13.2. The quantitative estimate of drug-likeness (QED) is 0.833. The highest BCUT2D eigenvalue weighted by Gasteiger charge is 2.77. The van der Waals surface area contributed by atoms with Gasteiger partial charge in [0.25, 0.3) is 5.92 Å². The van der Waals surface area contributed by atoms with Crippen molar-refractivity contribution in [2.45, 2.75) is 17.8 Å². The highest BCUT2D eigenvalue weighted by Crippen LogP contribution is 2.62. The molecule has 1 aromatic rings. The van der Waals surface area contributed by atoms with Gasteiger partial charge in [-0.05, 0) is 11.6 Å². The number of hydrogen-bond donors (Lipinski definition) is 1. The summed E-state index contributed by atoms with van der Waals surface area (Å²) in [7, 11) is 0. The van der Waals surface area contributed by atoms with E-state index in [1.54, 1.807) is 6.07 Å². The number of hydrogen-bond acceptors (Lipinski definition) is 2. The van der Waals surface area contributed by atoms with Gasteiger partial charge in [-0.1, -0.05) is 18.2 Å². The summed E-state index contributed by atoms with van der Waals surface area (Å²) >= 11 is 0. The van der Waals surface area contributed by atoms with Crippen LogP contribution in [-0.2, 0) is 10.2 Å². The summed E-state index contributed by atoms with van der Waals surface area (Å²) in [5.41, 5.74) is -2.32. The van der Waals surface area contributed by atoms with Gasteiger partial charge in [0.15, 0.2) is 5.41 Å². The first-order chi connectivity index (χ1) is 7.45. The SMILES string of the molecule is N#Cc1ccccc1C1(C(=O)O)CC1(F)F. The van der Waals surface area contributed by atoms with Gasteiger partial charge in [-0.3, -0.25) is 4.79 Å². The largest absolute Gasteiger partial charge is 0.480 e. The number of carboxylic acid groups (broad SMARTS) is 1. The fourth-order valence-electron chi connectivity index (χ4n) is 1.88. The van der Waals surface area contributed by atoms with Crippen molar-refractivity contribution in [3.63, 3.8) is 0 Å². The van der Waals surface area contributed by atoms with Crippen molar-refractivity contribution in [3.8, 4) is 6.07 Å². The van der Waals surface area contributed by atoms with Crippen LogP contribution in [0.15, 0.2) is 24.3 Å². The molecule has 0 spiro atoms. The molecule has 1 saturated carbocycles. The van der Waals surface area contributed by atoms with Gasteiger partial charge < -0.3 is 5.11 Å². The molecule has 0 aromatic heterocycles. The van der Waals surface area contributed by atoms with Crippen LogP contribution in [0.5, 0.6) is 0 Å². The van der Waals surface area contributed by atoms with Crippen LogP contribution < -0.4 is 0 Å². The highest BCUT2D eigenvalue weighted by atomic mass is 19.3. The molecule has 82 valence electrons. The lowest BCUT2D eigenvalue weighted by molar-refractivity contribution is -0.142. The molecule has 0 saturated heterocycles. The van der Waals surface area contributed by atoms with Gasteiger partial charge in [-0.15, -0.1) is 0 Å². The Labute approximate surface area is 89.9 Å². The molecule has 3 nitrogen and oxygen atoms in total. The van der Waals surface area contributed by atoms with Crippen molar-refractivity contribution in [1.82, 2.24) is 0 Å². The maximum Gasteiger partial charge on any atom is 0.320 e. The Morgan fingerprint density at radius 1 is 1.44 bits per heavy atom. The Morgan fingerprint density at radius 2 is 2.00 bits per heavy atom. The summed E-state index contributed by atoms with van der Waals surface area (Å²) in [5, 5.41) is 17.7. The van der Waals surface area contributed by atoms with E-state index in [9.17, 15) is 13.6 Å². The van der Waals surface area contributed by atoms with E-state index in [-0.39, 0.29) is 11.1 Å². The summed E-state index contributed by atoms with van der Waals surface area (Å²) in [6, 6.07) is 7.32. The Balaban J connectivity index is 2.61. The van der Waals surface area contributed by atoms with Crippen LogP contribution in [0.4, 0.5) is 8.78 Å². The summed E-state index contributed by atoms with van der Waals surface area (Å²) in [4.78, 5) is 11.0. The number of carboxylic acids is 1. The second-order valence-electron chi connectivity index (χ2n) is 3.75. The number of benzene rings is 1. The van der Waals surface area contributed by atoms with Crippen molar-refractivity contribution in [3.05, 3.63) is 35.4 Å². The van der Waals surface area contributed by atoms with Crippen LogP contribution in [0.2, 0.25) is 0 Å². The van der Waals surface area contributed by atoms with Crippen LogP contribution in [0.1, 0.15) is 17.5 Å². The molecule has 2 rings (SSSR count). The predicted molar refractivity (Wildman–Crippen MR) is 50.0 cm³/mol. The van der Waals surface area contributed by atoms with Crippen molar-refractivity contribution < 1.29 is 18.7 Å². The zero-order valence-corrected chi connectivity index (χ0v) is 8.08. The number of rotatable bonds is 2. The number of aliphatic carboxylic acids is 1. The fourth-order valence-corrected chi connectivity index (χ4v) is 1.88. The van der Waals surface area contributed by atoms with E-state index in [2.05, 4.69) is 0 Å². The third kappa shape index (κ3) is 1.13. The van der Waals surface area contributed by atoms with Crippen LogP contribution >= 0.6 is 0 Å². The predicted octanol–water partition coefficient (Wildman–Crippen LogP) is 1.92. The molecule has 0 radical (unpaired) electrons. The minimum atomic E-state index is -3.27. The topological polar surface area (TPSA) is 61.1 Å². The lowest BCUT2D eigenvalue weighted by atomic mass is 9.91. The molecule has 1 atom stereocenters. The molecule has 5 heteroatoms. The van der Waals surface area contributed by atoms with Crippen LogP contribution in [-0.4, -0.2) is 17.0 Å². The average molecular weight is 223 g/mol. The third-order valence-electron chi connectivity index (χ3n) is 2.86. The molecule has 1 fully saturated rings. The molecule has 0 aliphatic heterocycles. The first-order valence-corrected chi connectivity index (χ1v) is 4.56. The minimum absolute atomic E-state index is 0.0120. The lowest BCUT2D eigenvalue weighted by Gasteiger charge is -2.12. The molecule has 16 heavy (non-hydrogen) atoms. The summed E-state index contributed by atoms with van der Waals surface area (Å²) < 4.78 is 26.4. The number of halogens is 2. The Hall–Kier alpha value is -1.96. The van der Waals surface area contributed by atoms with Gasteiger partial charge in [-0.25, -0.2) is 8.78 Å². The van der Waals surface area contributed by atoms with Crippen molar-refractivity contribution in [2.24, 2.45) is 0 Å². The van der Waals surface area contributed by atoms with E-state index in [1.807, 2.05) is 0 Å². The summed E-state index contributed by atoms with van der Waals surface area (Å²) in [6.07, 6.45) is -0.742. The van der Waals surface area contributed by atoms with Crippen molar-refractivity contribution in [1.29, 1.82) is 5.26 Å². The molecule has 1 aliphatic rings.